The lowest BCUT2D eigenvalue weighted by molar-refractivity contribution is -0.137. The van der Waals surface area contributed by atoms with Gasteiger partial charge in [0.1, 0.15) is 0 Å². The van der Waals surface area contributed by atoms with Gasteiger partial charge < -0.3 is 10.2 Å². The van der Waals surface area contributed by atoms with Gasteiger partial charge in [-0.3, -0.25) is 4.98 Å². The molecule has 1 saturated carbocycles. The van der Waals surface area contributed by atoms with Gasteiger partial charge >= 0.3 is 12.2 Å². The maximum absolute atomic E-state index is 13.0. The lowest BCUT2D eigenvalue weighted by atomic mass is 9.93. The summed E-state index contributed by atoms with van der Waals surface area (Å²) in [5.74, 6) is 1.45. The first-order valence-electron chi connectivity index (χ1n) is 10.2. The number of nitrogens with zero attached hydrogens (tertiary/aromatic N) is 2. The van der Waals surface area contributed by atoms with E-state index in [1.807, 2.05) is 18.2 Å². The molecule has 1 aromatic carbocycles. The molecule has 1 fully saturated rings. The summed E-state index contributed by atoms with van der Waals surface area (Å²) in [5.41, 5.74) is 0.242. The van der Waals surface area contributed by atoms with Crippen LogP contribution in [0.3, 0.4) is 0 Å². The highest BCUT2D eigenvalue weighted by Gasteiger charge is 2.37. The van der Waals surface area contributed by atoms with Crippen LogP contribution in [0.15, 0.2) is 60.8 Å². The monoisotopic (exact) mass is 415 g/mol. The van der Waals surface area contributed by atoms with Gasteiger partial charge in [0.25, 0.3) is 0 Å². The highest BCUT2D eigenvalue weighted by Crippen LogP contribution is 2.43. The molecular weight excluding hydrogens is 391 g/mol. The first kappa shape index (κ1) is 20.4. The van der Waals surface area contributed by atoms with Crippen molar-refractivity contribution in [2.24, 2.45) is 17.8 Å². The second-order valence-electron chi connectivity index (χ2n) is 8.07. The molecule has 2 aliphatic rings. The van der Waals surface area contributed by atoms with E-state index < -0.39 is 11.7 Å². The maximum Gasteiger partial charge on any atom is 0.416 e. The summed E-state index contributed by atoms with van der Waals surface area (Å²) in [7, 11) is 0. The van der Waals surface area contributed by atoms with Crippen LogP contribution in [0.5, 0.6) is 0 Å². The number of carbonyl (C=O) groups is 1. The second kappa shape index (κ2) is 8.50. The molecule has 1 N–H and O–H groups in total. The van der Waals surface area contributed by atoms with Crippen LogP contribution in [0.1, 0.15) is 24.1 Å². The lowest BCUT2D eigenvalue weighted by Gasteiger charge is -2.29. The van der Waals surface area contributed by atoms with Crippen molar-refractivity contribution in [1.29, 1.82) is 0 Å². The zero-order chi connectivity index (χ0) is 21.1. The van der Waals surface area contributed by atoms with E-state index in [0.29, 0.717) is 37.3 Å². The van der Waals surface area contributed by atoms with Crippen LogP contribution in [-0.2, 0) is 12.6 Å². The van der Waals surface area contributed by atoms with Gasteiger partial charge in [0, 0.05) is 37.1 Å². The van der Waals surface area contributed by atoms with Gasteiger partial charge in [-0.15, -0.1) is 0 Å². The highest BCUT2D eigenvalue weighted by atomic mass is 19.4. The number of fused-ring (bicyclic) bond motifs is 2. The van der Waals surface area contributed by atoms with Crippen molar-refractivity contribution >= 4 is 11.7 Å². The molecule has 0 saturated heterocycles. The van der Waals surface area contributed by atoms with Crippen LogP contribution in [0, 0.1) is 17.8 Å². The molecule has 3 atom stereocenters. The summed E-state index contributed by atoms with van der Waals surface area (Å²) in [4.78, 5) is 19.0. The van der Waals surface area contributed by atoms with Crippen molar-refractivity contribution in [1.82, 2.24) is 9.88 Å². The molecule has 0 spiro atoms. The minimum absolute atomic E-state index is 0.144. The summed E-state index contributed by atoms with van der Waals surface area (Å²) in [6.45, 7) is 1.04. The van der Waals surface area contributed by atoms with Crippen LogP contribution in [0.2, 0.25) is 0 Å². The Morgan fingerprint density at radius 1 is 1.13 bits per heavy atom. The van der Waals surface area contributed by atoms with E-state index in [4.69, 9.17) is 0 Å². The number of amides is 2. The fourth-order valence-electron chi connectivity index (χ4n) is 4.43. The average molecular weight is 415 g/mol. The Bertz CT molecular complexity index is 913. The number of nitrogens with one attached hydrogen (secondary N) is 1. The standard InChI is InChI=1S/C23H24F3N3O/c24-23(25,26)19-4-3-6-21(14-19)28-22(30)29(11-9-20-5-1-2-10-27-20)15-18-13-16-7-8-17(18)12-16/h1-8,10,14,16-18H,9,11-13,15H2,(H,28,30). The van der Waals surface area contributed by atoms with Crippen LogP contribution < -0.4 is 5.32 Å². The third-order valence-electron chi connectivity index (χ3n) is 5.96. The second-order valence-corrected chi connectivity index (χ2v) is 8.07. The van der Waals surface area contributed by atoms with Gasteiger partial charge in [-0.25, -0.2) is 4.79 Å². The number of allylic oxidation sites excluding steroid dienone is 2. The van der Waals surface area contributed by atoms with Gasteiger partial charge in [-0.2, -0.15) is 13.2 Å². The Kier molecular flexibility index (Phi) is 5.79. The van der Waals surface area contributed by atoms with Crippen LogP contribution >= 0.6 is 0 Å². The fourth-order valence-corrected chi connectivity index (χ4v) is 4.43. The molecular formula is C23H24F3N3O. The van der Waals surface area contributed by atoms with Gasteiger partial charge in [0.2, 0.25) is 0 Å². The molecule has 4 nitrogen and oxygen atoms in total. The smallest absolute Gasteiger partial charge is 0.324 e. The highest BCUT2D eigenvalue weighted by molar-refractivity contribution is 5.89. The number of carbonyl (C=O) groups excluding carboxylic acids is 1. The van der Waals surface area contributed by atoms with E-state index in [2.05, 4.69) is 22.5 Å². The maximum atomic E-state index is 13.0. The molecule has 2 aliphatic carbocycles. The van der Waals surface area contributed by atoms with E-state index in [9.17, 15) is 18.0 Å². The normalized spacial score (nSPS) is 22.3. The summed E-state index contributed by atoms with van der Waals surface area (Å²) in [5, 5.41) is 2.66. The van der Waals surface area contributed by atoms with Crippen LogP contribution in [0.4, 0.5) is 23.7 Å². The molecule has 1 heterocycles. The third-order valence-corrected chi connectivity index (χ3v) is 5.96. The number of pyridine rings is 1. The van der Waals surface area contributed by atoms with E-state index >= 15 is 0 Å². The number of urea groups is 1. The topological polar surface area (TPSA) is 45.2 Å². The van der Waals surface area contributed by atoms with Crippen LogP contribution in [-0.4, -0.2) is 29.0 Å². The molecule has 4 rings (SSSR count). The Morgan fingerprint density at radius 3 is 2.67 bits per heavy atom. The molecule has 0 radical (unpaired) electrons. The summed E-state index contributed by atoms with van der Waals surface area (Å²) in [6, 6.07) is 10.0. The van der Waals surface area contributed by atoms with Crippen molar-refractivity contribution in [3.05, 3.63) is 72.1 Å². The predicted molar refractivity (Wildman–Crippen MR) is 109 cm³/mol. The molecule has 30 heavy (non-hydrogen) atoms. The zero-order valence-corrected chi connectivity index (χ0v) is 16.5. The quantitative estimate of drug-likeness (QED) is 0.643. The Morgan fingerprint density at radius 2 is 2.00 bits per heavy atom. The zero-order valence-electron chi connectivity index (χ0n) is 16.5. The minimum Gasteiger partial charge on any atom is -0.324 e. The first-order valence-corrected chi connectivity index (χ1v) is 10.2. The number of alkyl halides is 3. The number of aromatic nitrogens is 1. The van der Waals surface area contributed by atoms with Crippen molar-refractivity contribution in [2.75, 3.05) is 18.4 Å². The molecule has 0 aliphatic heterocycles. The van der Waals surface area contributed by atoms with Gasteiger partial charge in [0.15, 0.2) is 0 Å². The Hall–Kier alpha value is -2.83. The SMILES string of the molecule is O=C(Nc1cccc(C(F)(F)F)c1)N(CCc1ccccn1)CC1CC2C=CC1C2. The van der Waals surface area contributed by atoms with Gasteiger partial charge in [0.05, 0.1) is 5.56 Å². The number of hydrogen-bond donors (Lipinski definition) is 1. The molecule has 3 unspecified atom stereocenters. The third kappa shape index (κ3) is 4.83. The summed E-state index contributed by atoms with van der Waals surface area (Å²) in [6.07, 6.45) is 4.53. The largest absolute Gasteiger partial charge is 0.416 e. The summed E-state index contributed by atoms with van der Waals surface area (Å²) < 4.78 is 39.0. The van der Waals surface area contributed by atoms with Crippen molar-refractivity contribution in [2.45, 2.75) is 25.4 Å². The molecule has 2 aromatic rings. The fraction of sp³-hybridized carbons (Fsp3) is 0.391. The number of benzene rings is 1. The molecule has 2 bridgehead atoms. The Balaban J connectivity index is 1.46. The molecule has 1 aromatic heterocycles. The van der Waals surface area contributed by atoms with E-state index in [1.165, 1.54) is 12.1 Å². The van der Waals surface area contributed by atoms with Crippen molar-refractivity contribution in [3.63, 3.8) is 0 Å². The van der Waals surface area contributed by atoms with Crippen LogP contribution in [0.25, 0.3) is 0 Å². The summed E-state index contributed by atoms with van der Waals surface area (Å²) >= 11 is 0. The number of rotatable bonds is 6. The number of anilines is 1. The molecule has 158 valence electrons. The molecule has 7 heteroatoms. The van der Waals surface area contributed by atoms with E-state index in [1.54, 1.807) is 11.1 Å². The first-order chi connectivity index (χ1) is 14.4. The number of hydrogen-bond acceptors (Lipinski definition) is 2. The average Bonchev–Trinajstić information content (AvgIpc) is 3.34. The predicted octanol–water partition coefficient (Wildman–Crippen LogP) is 5.39. The van der Waals surface area contributed by atoms with E-state index in [0.717, 1.165) is 30.7 Å². The van der Waals surface area contributed by atoms with Gasteiger partial charge in [-0.1, -0.05) is 24.3 Å². The van der Waals surface area contributed by atoms with Crippen molar-refractivity contribution < 1.29 is 18.0 Å². The Labute approximate surface area is 173 Å². The van der Waals surface area contributed by atoms with Gasteiger partial charge in [-0.05, 0) is 60.9 Å². The lowest BCUT2D eigenvalue weighted by Crippen LogP contribution is -2.40. The number of halogens is 3. The molecule has 2 amide bonds. The van der Waals surface area contributed by atoms with E-state index in [-0.39, 0.29) is 11.7 Å². The van der Waals surface area contributed by atoms with Crippen molar-refractivity contribution in [3.8, 4) is 0 Å². The minimum atomic E-state index is -4.45.